The van der Waals surface area contributed by atoms with E-state index < -0.39 is 0 Å². The number of furan rings is 1. The average Bonchev–Trinajstić information content (AvgIpc) is 3.34. The summed E-state index contributed by atoms with van der Waals surface area (Å²) < 4.78 is 5.62. The van der Waals surface area contributed by atoms with E-state index in [1.165, 1.54) is 0 Å². The van der Waals surface area contributed by atoms with Crippen molar-refractivity contribution in [1.82, 2.24) is 5.32 Å². The number of para-hydroxylation sites is 1. The van der Waals surface area contributed by atoms with Gasteiger partial charge < -0.3 is 15.1 Å². The van der Waals surface area contributed by atoms with Crippen LogP contribution < -0.4 is 16.0 Å². The second kappa shape index (κ2) is 10.2. The molecule has 0 saturated carbocycles. The van der Waals surface area contributed by atoms with E-state index in [1.807, 2.05) is 66.7 Å². The largest absolute Gasteiger partial charge is 0.451 e. The summed E-state index contributed by atoms with van der Waals surface area (Å²) in [6.45, 7) is 0. The van der Waals surface area contributed by atoms with Gasteiger partial charge in [0, 0.05) is 22.3 Å². The monoisotopic (exact) mass is 491 g/mol. The number of thiocarbonyl (C=S) groups is 1. The van der Waals surface area contributed by atoms with Gasteiger partial charge in [0.25, 0.3) is 11.8 Å². The average molecular weight is 492 g/mol. The number of anilines is 2. The van der Waals surface area contributed by atoms with Crippen LogP contribution in [0.2, 0.25) is 0 Å². The smallest absolute Gasteiger partial charge is 0.291 e. The number of hydrogen-bond acceptors (Lipinski definition) is 4. The molecule has 0 fully saturated rings. The van der Waals surface area contributed by atoms with Crippen LogP contribution in [-0.2, 0) is 0 Å². The van der Waals surface area contributed by atoms with Gasteiger partial charge in [-0.25, -0.2) is 0 Å². The molecule has 0 aliphatic rings. The summed E-state index contributed by atoms with van der Waals surface area (Å²) in [6, 6.07) is 33.4. The Morgan fingerprint density at radius 3 is 2.06 bits per heavy atom. The molecule has 3 N–H and O–H groups in total. The van der Waals surface area contributed by atoms with Gasteiger partial charge >= 0.3 is 0 Å². The lowest BCUT2D eigenvalue weighted by Gasteiger charge is -2.11. The summed E-state index contributed by atoms with van der Waals surface area (Å²) in [5, 5.41) is 9.48. The Balaban J connectivity index is 1.19. The molecule has 5 rings (SSSR count). The highest BCUT2D eigenvalue weighted by molar-refractivity contribution is 7.80. The van der Waals surface area contributed by atoms with Crippen LogP contribution >= 0.6 is 12.2 Å². The third kappa shape index (κ3) is 5.32. The van der Waals surface area contributed by atoms with Crippen molar-refractivity contribution in [2.45, 2.75) is 0 Å². The number of carbonyl (C=O) groups excluding carboxylic acids is 2. The highest BCUT2D eigenvalue weighted by Crippen LogP contribution is 2.22. The van der Waals surface area contributed by atoms with E-state index >= 15 is 0 Å². The Morgan fingerprint density at radius 2 is 1.31 bits per heavy atom. The number of amides is 2. The molecule has 4 aromatic carbocycles. The van der Waals surface area contributed by atoms with Crippen molar-refractivity contribution in [3.63, 3.8) is 0 Å². The quantitative estimate of drug-likeness (QED) is 0.245. The van der Waals surface area contributed by atoms with E-state index in [0.29, 0.717) is 22.5 Å². The van der Waals surface area contributed by atoms with Gasteiger partial charge in [0.2, 0.25) is 0 Å². The molecule has 0 atom stereocenters. The summed E-state index contributed by atoms with van der Waals surface area (Å²) in [7, 11) is 0. The first-order chi connectivity index (χ1) is 17.5. The maximum absolute atomic E-state index is 12.6. The molecule has 7 heteroatoms. The number of fused-ring (bicyclic) bond motifs is 1. The SMILES string of the molecule is O=C(NC(=S)Nc1cccc(NC(=O)c2cc3ccccc3o2)c1)c1ccc(-c2ccccc2)cc1. The van der Waals surface area contributed by atoms with Gasteiger partial charge in [0.1, 0.15) is 5.58 Å². The van der Waals surface area contributed by atoms with Gasteiger partial charge in [-0.05, 0) is 65.8 Å². The molecule has 0 spiro atoms. The molecule has 0 aliphatic carbocycles. The summed E-state index contributed by atoms with van der Waals surface area (Å²) >= 11 is 5.31. The van der Waals surface area contributed by atoms with Crippen LogP contribution in [0.4, 0.5) is 11.4 Å². The molecule has 36 heavy (non-hydrogen) atoms. The summed E-state index contributed by atoms with van der Waals surface area (Å²) in [6.07, 6.45) is 0. The lowest BCUT2D eigenvalue weighted by Crippen LogP contribution is -2.34. The first-order valence-corrected chi connectivity index (χ1v) is 11.6. The fraction of sp³-hybridized carbons (Fsp3) is 0. The minimum atomic E-state index is -0.363. The third-order valence-electron chi connectivity index (χ3n) is 5.51. The minimum absolute atomic E-state index is 0.146. The molecular weight excluding hydrogens is 470 g/mol. The van der Waals surface area contributed by atoms with Crippen LogP contribution in [0.15, 0.2) is 114 Å². The molecule has 0 saturated heterocycles. The van der Waals surface area contributed by atoms with Crippen molar-refractivity contribution in [1.29, 1.82) is 0 Å². The van der Waals surface area contributed by atoms with Crippen LogP contribution in [0.3, 0.4) is 0 Å². The maximum Gasteiger partial charge on any atom is 0.291 e. The maximum atomic E-state index is 12.6. The van der Waals surface area contributed by atoms with Crippen molar-refractivity contribution in [3.8, 4) is 11.1 Å². The van der Waals surface area contributed by atoms with Crippen molar-refractivity contribution < 1.29 is 14.0 Å². The highest BCUT2D eigenvalue weighted by atomic mass is 32.1. The van der Waals surface area contributed by atoms with Gasteiger partial charge in [0.15, 0.2) is 10.9 Å². The van der Waals surface area contributed by atoms with Crippen LogP contribution in [0.25, 0.3) is 22.1 Å². The highest BCUT2D eigenvalue weighted by Gasteiger charge is 2.13. The zero-order valence-corrected chi connectivity index (χ0v) is 19.8. The van der Waals surface area contributed by atoms with Gasteiger partial charge in [-0.2, -0.15) is 0 Å². The third-order valence-corrected chi connectivity index (χ3v) is 5.71. The molecular formula is C29H21N3O3S. The molecule has 1 aromatic heterocycles. The van der Waals surface area contributed by atoms with Crippen molar-refractivity contribution in [2.75, 3.05) is 10.6 Å². The van der Waals surface area contributed by atoms with E-state index in [0.717, 1.165) is 16.5 Å². The molecule has 5 aromatic rings. The fourth-order valence-electron chi connectivity index (χ4n) is 3.74. The number of rotatable bonds is 5. The van der Waals surface area contributed by atoms with E-state index in [4.69, 9.17) is 16.6 Å². The minimum Gasteiger partial charge on any atom is -0.451 e. The summed E-state index contributed by atoms with van der Waals surface area (Å²) in [4.78, 5) is 25.3. The molecule has 2 amide bonds. The second-order valence-corrected chi connectivity index (χ2v) is 8.44. The number of hydrogen-bond donors (Lipinski definition) is 3. The Bertz CT molecular complexity index is 1530. The normalized spacial score (nSPS) is 10.6. The first-order valence-electron chi connectivity index (χ1n) is 11.2. The Hall–Kier alpha value is -4.75. The van der Waals surface area contributed by atoms with Gasteiger partial charge in [-0.1, -0.05) is 66.7 Å². The van der Waals surface area contributed by atoms with E-state index in [-0.39, 0.29) is 22.7 Å². The van der Waals surface area contributed by atoms with Gasteiger partial charge in [0.05, 0.1) is 0 Å². The van der Waals surface area contributed by atoms with Gasteiger partial charge in [-0.3, -0.25) is 14.9 Å². The lowest BCUT2D eigenvalue weighted by atomic mass is 10.0. The molecule has 0 radical (unpaired) electrons. The van der Waals surface area contributed by atoms with Crippen molar-refractivity contribution in [3.05, 3.63) is 121 Å². The standard InChI is InChI=1S/C29H21N3O3S/c33-27(21-15-13-20(14-16-21)19-7-2-1-3-8-19)32-29(36)31-24-11-6-10-23(18-24)30-28(34)26-17-22-9-4-5-12-25(22)35-26/h1-18H,(H,30,34)(H2,31,32,33,36). The molecule has 176 valence electrons. The van der Waals surface area contributed by atoms with Crippen molar-refractivity contribution in [2.24, 2.45) is 0 Å². The van der Waals surface area contributed by atoms with E-state index in [2.05, 4.69) is 16.0 Å². The van der Waals surface area contributed by atoms with Gasteiger partial charge in [-0.15, -0.1) is 0 Å². The lowest BCUT2D eigenvalue weighted by molar-refractivity contribution is 0.0975. The van der Waals surface area contributed by atoms with Crippen LogP contribution in [-0.4, -0.2) is 16.9 Å². The molecule has 0 aliphatic heterocycles. The Kier molecular flexibility index (Phi) is 6.55. The van der Waals surface area contributed by atoms with Crippen LogP contribution in [0.5, 0.6) is 0 Å². The Labute approximate surface area is 213 Å². The fourth-order valence-corrected chi connectivity index (χ4v) is 3.95. The Morgan fingerprint density at radius 1 is 0.639 bits per heavy atom. The number of benzene rings is 4. The van der Waals surface area contributed by atoms with E-state index in [1.54, 1.807) is 42.5 Å². The van der Waals surface area contributed by atoms with Crippen molar-refractivity contribution >= 4 is 51.5 Å². The molecule has 0 bridgehead atoms. The zero-order valence-electron chi connectivity index (χ0n) is 19.0. The first kappa shape index (κ1) is 23.0. The summed E-state index contributed by atoms with van der Waals surface area (Å²) in [5.41, 5.74) is 4.40. The van der Waals surface area contributed by atoms with Crippen LogP contribution in [0, 0.1) is 0 Å². The zero-order chi connectivity index (χ0) is 24.9. The predicted molar refractivity (Wildman–Crippen MR) is 146 cm³/mol. The number of nitrogens with one attached hydrogen (secondary N) is 3. The number of carbonyl (C=O) groups is 2. The van der Waals surface area contributed by atoms with Crippen LogP contribution in [0.1, 0.15) is 20.9 Å². The van der Waals surface area contributed by atoms with E-state index in [9.17, 15) is 9.59 Å². The molecule has 6 nitrogen and oxygen atoms in total. The molecule has 1 heterocycles. The topological polar surface area (TPSA) is 83.4 Å². The predicted octanol–water partition coefficient (Wildman–Crippen LogP) is 6.48. The molecule has 0 unspecified atom stereocenters. The summed E-state index contributed by atoms with van der Waals surface area (Å²) in [5.74, 6) is -0.463. The second-order valence-electron chi connectivity index (χ2n) is 8.04.